The highest BCUT2D eigenvalue weighted by Gasteiger charge is 2.52. The van der Waals surface area contributed by atoms with Gasteiger partial charge in [0.05, 0.1) is 21.4 Å². The molecule has 0 radical (unpaired) electrons. The molecule has 0 unspecified atom stereocenters. The van der Waals surface area contributed by atoms with Crippen molar-refractivity contribution < 1.29 is 33.3 Å². The molecule has 0 bridgehead atoms. The van der Waals surface area contributed by atoms with Crippen LogP contribution >= 0.6 is 58.6 Å². The maximum atomic E-state index is 12.0. The molecule has 0 saturated heterocycles. The molecule has 0 aliphatic rings. The Balaban J connectivity index is 0.000000285. The van der Waals surface area contributed by atoms with Crippen molar-refractivity contribution in [1.29, 1.82) is 0 Å². The number of alkyl halides is 1. The highest BCUT2D eigenvalue weighted by atomic mass is 35.5. The molecule has 14 heteroatoms. The van der Waals surface area contributed by atoms with E-state index in [9.17, 15) is 10.2 Å². The summed E-state index contributed by atoms with van der Waals surface area (Å²) in [6.07, 6.45) is 1.56. The van der Waals surface area contributed by atoms with Gasteiger partial charge in [0.1, 0.15) is 23.3 Å². The van der Waals surface area contributed by atoms with Crippen molar-refractivity contribution in [2.45, 2.75) is 336 Å². The zero-order valence-electron chi connectivity index (χ0n) is 83.5. The van der Waals surface area contributed by atoms with Crippen LogP contribution < -0.4 is 25.5 Å². The summed E-state index contributed by atoms with van der Waals surface area (Å²) >= 11 is 12.9. The molecule has 0 heterocycles. The van der Waals surface area contributed by atoms with Gasteiger partial charge in [-0.2, -0.15) is 0 Å². The number of hydrogen-bond donors (Lipinski definition) is 2. The van der Waals surface area contributed by atoms with Crippen LogP contribution in [0, 0.1) is 6.92 Å². The van der Waals surface area contributed by atoms with Crippen molar-refractivity contribution >= 4 is 96.0 Å². The van der Waals surface area contributed by atoms with Crippen LogP contribution in [0.5, 0.6) is 17.2 Å². The van der Waals surface area contributed by atoms with Gasteiger partial charge in [-0.05, 0) is 198 Å². The summed E-state index contributed by atoms with van der Waals surface area (Å²) in [6, 6.07) is 82.6. The molecular formula is C113H155ClO7S4Si2. The fourth-order valence-corrected chi connectivity index (χ4v) is 31.6. The second-order valence-corrected chi connectivity index (χ2v) is 60.9. The molecule has 0 atom stereocenters. The molecule has 2 N–H and O–H groups in total. The van der Waals surface area contributed by atoms with Gasteiger partial charge in [0.25, 0.3) is 16.6 Å². The van der Waals surface area contributed by atoms with Gasteiger partial charge in [-0.25, -0.2) is 0 Å². The summed E-state index contributed by atoms with van der Waals surface area (Å²) in [7, 11) is -5.44. The molecule has 0 spiro atoms. The van der Waals surface area contributed by atoms with Gasteiger partial charge in [0, 0.05) is 66.2 Å². The molecule has 10 rings (SSSR count). The molecule has 0 aliphatic carbocycles. The lowest BCUT2D eigenvalue weighted by molar-refractivity contribution is 0.00297. The Hall–Kier alpha value is -6.44. The fourth-order valence-electron chi connectivity index (χ4n) is 17.2. The molecule has 7 nitrogen and oxygen atoms in total. The van der Waals surface area contributed by atoms with E-state index in [2.05, 4.69) is 423 Å². The minimum atomic E-state index is -2.74. The van der Waals surface area contributed by atoms with E-state index >= 15 is 0 Å². The largest absolute Gasteiger partial charge is 0.507 e. The van der Waals surface area contributed by atoms with Gasteiger partial charge >= 0.3 is 0 Å². The Labute approximate surface area is 793 Å². The van der Waals surface area contributed by atoms with Crippen LogP contribution in [0.25, 0.3) is 0 Å². The lowest BCUT2D eigenvalue weighted by atomic mass is 9.77. The Morgan fingerprint density at radius 2 is 0.543 bits per heavy atom. The summed E-state index contributed by atoms with van der Waals surface area (Å²) in [6.45, 7) is 77.7. The Bertz CT molecular complexity index is 5010. The highest BCUT2D eigenvalue weighted by molar-refractivity contribution is 8.18. The van der Waals surface area contributed by atoms with Crippen molar-refractivity contribution in [2.24, 2.45) is 0 Å². The quantitative estimate of drug-likeness (QED) is 0.0148. The van der Waals surface area contributed by atoms with E-state index in [0.29, 0.717) is 37.9 Å². The van der Waals surface area contributed by atoms with Crippen molar-refractivity contribution in [3.05, 3.63) is 292 Å². The third-order valence-electron chi connectivity index (χ3n) is 23.9. The van der Waals surface area contributed by atoms with Gasteiger partial charge in [0.2, 0.25) is 0 Å². The molecule has 10 aromatic rings. The average Bonchev–Trinajstić information content (AvgIpc) is 0.739. The van der Waals surface area contributed by atoms with Crippen molar-refractivity contribution in [2.75, 3.05) is 26.1 Å². The van der Waals surface area contributed by atoms with E-state index in [-0.39, 0.29) is 74.4 Å². The zero-order valence-corrected chi connectivity index (χ0v) is 89.6. The molecular weight excluding hydrogens is 1690 g/mol. The van der Waals surface area contributed by atoms with Gasteiger partial charge in [-0.3, -0.25) is 0 Å². The number of phenols is 2. The van der Waals surface area contributed by atoms with E-state index in [4.69, 9.17) is 34.7 Å². The molecule has 688 valence electrons. The number of benzene rings is 10. The molecule has 10 aromatic carbocycles. The zero-order chi connectivity index (χ0) is 94.6. The van der Waals surface area contributed by atoms with Crippen LogP contribution in [0.3, 0.4) is 0 Å². The van der Waals surface area contributed by atoms with Crippen LogP contribution in [0.4, 0.5) is 0 Å². The van der Waals surface area contributed by atoms with E-state index in [1.807, 2.05) is 83.4 Å². The number of halogens is 1. The van der Waals surface area contributed by atoms with Gasteiger partial charge in [0.15, 0.2) is 6.79 Å². The van der Waals surface area contributed by atoms with E-state index in [1.54, 1.807) is 0 Å². The van der Waals surface area contributed by atoms with Crippen molar-refractivity contribution in [1.82, 2.24) is 0 Å². The lowest BCUT2D eigenvalue weighted by Gasteiger charge is -2.43. The van der Waals surface area contributed by atoms with E-state index < -0.39 is 16.6 Å². The summed E-state index contributed by atoms with van der Waals surface area (Å²) in [5.41, 5.74) is 11.3. The second-order valence-electron chi connectivity index (χ2n) is 44.8. The Kier molecular flexibility index (Phi) is 35.6. The number of rotatable bonds is 30. The lowest BCUT2D eigenvalue weighted by Crippen LogP contribution is -2.66. The van der Waals surface area contributed by atoms with Crippen LogP contribution in [0.15, 0.2) is 250 Å². The predicted molar refractivity (Wildman–Crippen MR) is 559 cm³/mol. The first-order valence-electron chi connectivity index (χ1n) is 45.5. The van der Waals surface area contributed by atoms with Gasteiger partial charge in [-0.1, -0.05) is 387 Å². The number of aromatic hydroxyl groups is 2. The third kappa shape index (κ3) is 28.1. The molecule has 0 aromatic heterocycles. The normalized spacial score (nSPS) is 13.2. The number of phenolic OH excluding ortho intramolecular Hbond substituents is 2. The van der Waals surface area contributed by atoms with Gasteiger partial charge in [-0.15, -0.1) is 47.0 Å². The summed E-state index contributed by atoms with van der Waals surface area (Å²) < 4.78 is 32.5. The van der Waals surface area contributed by atoms with Gasteiger partial charge < -0.3 is 33.3 Å². The number of hydrogen-bond acceptors (Lipinski definition) is 11. The first-order valence-corrected chi connectivity index (χ1v) is 53.1. The minimum Gasteiger partial charge on any atom is -0.507 e. The topological polar surface area (TPSA) is 86.6 Å². The SMILES string of the molecule is CC(C)(Sc1cc(C(C)(C)C)c(O)c(C(C)(C)C)c1)Sc1cc(C(C)(C)C)c(O)c(C(C)(C)CCO[Si](c2ccccc2)(c2ccccc2)C(C)(C)C)c1.Cc1c(C(C)(C)C)cc(SC(C)(C)Sc2cc(C(C)(C)C)c(OCOCc3ccccc3)c(C(C)(C)CCO[Si](c3ccccc3)(c3ccccc3)C(C)(C)C)c2)cc1C(C)(C)C.ClCOCc1ccccc1. The Morgan fingerprint density at radius 3 is 0.827 bits per heavy atom. The highest BCUT2D eigenvalue weighted by Crippen LogP contribution is 2.55. The summed E-state index contributed by atoms with van der Waals surface area (Å²) in [5, 5.41) is 28.3. The van der Waals surface area contributed by atoms with E-state index in [1.165, 1.54) is 58.4 Å². The summed E-state index contributed by atoms with van der Waals surface area (Å²) in [4.78, 5) is 4.85. The third-order valence-corrected chi connectivity index (χ3v) is 39.0. The first-order chi connectivity index (χ1) is 58.7. The monoisotopic (exact) mass is 1840 g/mol. The predicted octanol–water partition coefficient (Wildman–Crippen LogP) is 30.6. The molecule has 0 amide bonds. The van der Waals surface area contributed by atoms with Crippen LogP contribution in [-0.4, -0.2) is 61.1 Å². The average molecular weight is 1850 g/mol. The molecule has 0 saturated carbocycles. The first kappa shape index (κ1) is 106. The maximum Gasteiger partial charge on any atom is 0.261 e. The van der Waals surface area contributed by atoms with Crippen LogP contribution in [0.1, 0.15) is 296 Å². The van der Waals surface area contributed by atoms with E-state index in [0.717, 1.165) is 61.8 Å². The smallest absolute Gasteiger partial charge is 0.261 e. The standard InChI is InChI=1S/C57H78O3S2Si.C48H68O3S2Si.C8H9ClO/c1-41-47(52(2,3)4)35-43(36-48(41)53(5,6)7)61-57(16,17)62-44-37-49(54(8,9)10)51(59-40-58-39-42-27-21-18-22-28-42)50(38-44)56(14,15)33-34-60-63(55(11,12)13,45-29-23-19-24-30-45)46-31-25-20-26-32-46;1-43(2,3)37-29-33(30-38(41(37)49)44(4,5)6)52-48(15,16)53-34-31-39(45(7,8)9)42(50)40(32-34)47(13,14)27-28-51-54(46(10,11)12,35-23-19-17-20-24-35)36-25-21-18-22-26-36;9-7-10-6-8-4-2-1-3-5-8/h18-32,35-38H,33-34,39-40H2,1-17H3;17-26,29-32,49-50H,27-28H2,1-16H3;1-5H,6-7H2. The number of thioether (sulfide) groups is 4. The minimum absolute atomic E-state index is 0.0433. The fraction of sp³-hybridized carbons (Fsp3) is 0.469. The summed E-state index contributed by atoms with van der Waals surface area (Å²) in [5.74, 6) is 1.71. The number of ether oxygens (including phenoxy) is 3. The maximum absolute atomic E-state index is 12.0. The van der Waals surface area contributed by atoms with Crippen molar-refractivity contribution in [3.63, 3.8) is 0 Å². The molecule has 127 heavy (non-hydrogen) atoms. The second kappa shape index (κ2) is 42.6. The van der Waals surface area contributed by atoms with Crippen LogP contribution in [-0.2, 0) is 74.9 Å². The molecule has 0 fully saturated rings. The molecule has 0 aliphatic heterocycles. The van der Waals surface area contributed by atoms with Crippen molar-refractivity contribution in [3.8, 4) is 17.2 Å². The van der Waals surface area contributed by atoms with Crippen LogP contribution in [0.2, 0.25) is 10.1 Å². The Morgan fingerprint density at radius 1 is 0.299 bits per heavy atom.